The van der Waals surface area contributed by atoms with Gasteiger partial charge in [0.2, 0.25) is 0 Å². The van der Waals surface area contributed by atoms with E-state index in [1.54, 1.807) is 0 Å². The molecule has 1 aromatic rings. The third-order valence-electron chi connectivity index (χ3n) is 5.95. The lowest BCUT2D eigenvalue weighted by molar-refractivity contribution is -0.174. The number of carbonyl (C=O) groups is 1. The van der Waals surface area contributed by atoms with Crippen LogP contribution in [-0.4, -0.2) is 53.6 Å². The molecule has 0 N–H and O–H groups in total. The summed E-state index contributed by atoms with van der Waals surface area (Å²) in [6.45, 7) is 6.99. The minimum absolute atomic E-state index is 0.239. The van der Waals surface area contributed by atoms with E-state index in [2.05, 4.69) is 42.2 Å². The van der Waals surface area contributed by atoms with Gasteiger partial charge in [-0.3, -0.25) is 9.69 Å². The lowest BCUT2D eigenvalue weighted by Crippen LogP contribution is -2.56. The molecule has 1 amide bonds. The van der Waals surface area contributed by atoms with Crippen LogP contribution in [0.15, 0.2) is 30.3 Å². The zero-order chi connectivity index (χ0) is 16.6. The van der Waals surface area contributed by atoms with Crippen LogP contribution in [0.25, 0.3) is 0 Å². The van der Waals surface area contributed by atoms with Crippen molar-refractivity contribution in [3.63, 3.8) is 0 Å². The first-order chi connectivity index (χ1) is 11.7. The number of carbonyl (C=O) groups excluding carboxylic acids is 1. The highest BCUT2D eigenvalue weighted by molar-refractivity contribution is 5.88. The average Bonchev–Trinajstić information content (AvgIpc) is 3.39. The molecule has 0 bridgehead atoms. The fourth-order valence-electron chi connectivity index (χ4n) is 4.25. The number of piperidine rings is 1. The Hall–Kier alpha value is -1.39. The molecule has 130 valence electrons. The minimum atomic E-state index is -0.430. The van der Waals surface area contributed by atoms with Crippen molar-refractivity contribution in [2.24, 2.45) is 5.92 Å². The largest absolute Gasteiger partial charge is 0.360 e. The summed E-state index contributed by atoms with van der Waals surface area (Å²) in [5, 5.41) is 0. The molecule has 1 saturated carbocycles. The number of morpholine rings is 1. The zero-order valence-corrected chi connectivity index (χ0v) is 14.6. The molecule has 3 fully saturated rings. The van der Waals surface area contributed by atoms with E-state index in [0.29, 0.717) is 5.92 Å². The molecule has 4 heteroatoms. The van der Waals surface area contributed by atoms with Gasteiger partial charge in [-0.2, -0.15) is 0 Å². The van der Waals surface area contributed by atoms with Crippen LogP contribution < -0.4 is 0 Å². The monoisotopic (exact) mass is 328 g/mol. The van der Waals surface area contributed by atoms with E-state index in [-0.39, 0.29) is 12.0 Å². The van der Waals surface area contributed by atoms with Crippen molar-refractivity contribution in [2.75, 3.05) is 26.2 Å². The molecular weight excluding hydrogens is 300 g/mol. The number of likely N-dealkylation sites (N-methyl/N-ethyl adjacent to an activating group) is 1. The minimum Gasteiger partial charge on any atom is -0.360 e. The number of amides is 1. The topological polar surface area (TPSA) is 32.8 Å². The summed E-state index contributed by atoms with van der Waals surface area (Å²) in [5.74, 6) is 0.833. The van der Waals surface area contributed by atoms with Crippen LogP contribution in [0.1, 0.15) is 38.2 Å². The van der Waals surface area contributed by atoms with E-state index in [9.17, 15) is 4.79 Å². The van der Waals surface area contributed by atoms with Crippen molar-refractivity contribution >= 4 is 5.91 Å². The van der Waals surface area contributed by atoms with Crippen molar-refractivity contribution in [1.29, 1.82) is 0 Å². The summed E-state index contributed by atoms with van der Waals surface area (Å²) in [6.07, 6.45) is 4.44. The molecule has 1 aliphatic carbocycles. The Balaban J connectivity index is 1.33. The summed E-state index contributed by atoms with van der Waals surface area (Å²) in [4.78, 5) is 17.0. The summed E-state index contributed by atoms with van der Waals surface area (Å²) in [5.41, 5.74) is 0.963. The number of benzene rings is 1. The van der Waals surface area contributed by atoms with Gasteiger partial charge < -0.3 is 9.64 Å². The number of rotatable bonds is 4. The molecule has 0 unspecified atom stereocenters. The van der Waals surface area contributed by atoms with Crippen molar-refractivity contribution < 1.29 is 9.53 Å². The highest BCUT2D eigenvalue weighted by atomic mass is 16.5. The van der Waals surface area contributed by atoms with Crippen molar-refractivity contribution in [3.8, 4) is 0 Å². The maximum atomic E-state index is 12.4. The second-order valence-electron chi connectivity index (χ2n) is 7.59. The molecule has 3 aliphatic rings. The van der Waals surface area contributed by atoms with Gasteiger partial charge in [-0.1, -0.05) is 30.3 Å². The highest BCUT2D eigenvalue weighted by Gasteiger charge is 2.58. The Morgan fingerprint density at radius 2 is 1.88 bits per heavy atom. The fourth-order valence-corrected chi connectivity index (χ4v) is 4.25. The summed E-state index contributed by atoms with van der Waals surface area (Å²) in [6, 6.07) is 10.7. The van der Waals surface area contributed by atoms with Crippen LogP contribution >= 0.6 is 0 Å². The van der Waals surface area contributed by atoms with Crippen LogP contribution in [0.2, 0.25) is 0 Å². The molecule has 24 heavy (non-hydrogen) atoms. The van der Waals surface area contributed by atoms with E-state index in [0.717, 1.165) is 45.6 Å². The first kappa shape index (κ1) is 16.1. The van der Waals surface area contributed by atoms with Crippen LogP contribution in [0.3, 0.4) is 0 Å². The number of likely N-dealkylation sites (tertiary alicyclic amines) is 1. The van der Waals surface area contributed by atoms with Gasteiger partial charge in [0.05, 0.1) is 6.10 Å². The number of ether oxygens (including phenoxy) is 1. The summed E-state index contributed by atoms with van der Waals surface area (Å²) >= 11 is 0. The number of hydrogen-bond acceptors (Lipinski definition) is 3. The van der Waals surface area contributed by atoms with E-state index in [1.165, 1.54) is 18.4 Å². The number of hydrogen-bond donors (Lipinski definition) is 0. The standard InChI is InChI=1S/C20H28N2O2/c1-2-22-15-18(24-20(10-11-20)19(22)23)17-8-12-21(13-9-17)14-16-6-4-3-5-7-16/h3-7,17-18H,2,8-15H2,1H3/t18-/m1/s1. The third kappa shape index (κ3) is 3.09. The lowest BCUT2D eigenvalue weighted by atomic mass is 9.89. The average molecular weight is 328 g/mol. The van der Waals surface area contributed by atoms with Gasteiger partial charge in [-0.05, 0) is 57.2 Å². The molecule has 2 aliphatic heterocycles. The molecule has 2 saturated heterocycles. The van der Waals surface area contributed by atoms with Gasteiger partial charge in [-0.25, -0.2) is 0 Å². The van der Waals surface area contributed by atoms with Crippen molar-refractivity contribution in [1.82, 2.24) is 9.80 Å². The predicted molar refractivity (Wildman–Crippen MR) is 93.5 cm³/mol. The third-order valence-corrected chi connectivity index (χ3v) is 5.95. The van der Waals surface area contributed by atoms with Crippen LogP contribution in [0.5, 0.6) is 0 Å². The molecule has 0 radical (unpaired) electrons. The predicted octanol–water partition coefficient (Wildman–Crippen LogP) is 2.68. The lowest BCUT2D eigenvalue weighted by Gasteiger charge is -2.43. The maximum absolute atomic E-state index is 12.4. The van der Waals surface area contributed by atoms with Gasteiger partial charge in [0, 0.05) is 19.6 Å². The quantitative estimate of drug-likeness (QED) is 0.852. The Labute approximate surface area is 144 Å². The van der Waals surface area contributed by atoms with Crippen LogP contribution in [0, 0.1) is 5.92 Å². The van der Waals surface area contributed by atoms with E-state index >= 15 is 0 Å². The van der Waals surface area contributed by atoms with Gasteiger partial charge in [0.15, 0.2) is 0 Å². The van der Waals surface area contributed by atoms with Crippen LogP contribution in [-0.2, 0) is 16.1 Å². The van der Waals surface area contributed by atoms with E-state index in [4.69, 9.17) is 4.74 Å². The fraction of sp³-hybridized carbons (Fsp3) is 0.650. The normalized spacial score (nSPS) is 27.6. The Morgan fingerprint density at radius 1 is 1.17 bits per heavy atom. The van der Waals surface area contributed by atoms with Gasteiger partial charge in [0.1, 0.15) is 5.60 Å². The Bertz CT molecular complexity index is 577. The summed E-state index contributed by atoms with van der Waals surface area (Å²) < 4.78 is 6.31. The van der Waals surface area contributed by atoms with E-state index < -0.39 is 5.60 Å². The SMILES string of the molecule is CCN1C[C@H](C2CCN(Cc3ccccc3)CC2)OC2(CC2)C1=O. The molecule has 2 heterocycles. The van der Waals surface area contributed by atoms with Crippen molar-refractivity contribution in [3.05, 3.63) is 35.9 Å². The first-order valence-electron chi connectivity index (χ1n) is 9.44. The summed E-state index contributed by atoms with van der Waals surface area (Å²) in [7, 11) is 0. The molecule has 1 spiro atoms. The number of nitrogens with zero attached hydrogens (tertiary/aromatic N) is 2. The molecular formula is C20H28N2O2. The van der Waals surface area contributed by atoms with Gasteiger partial charge in [-0.15, -0.1) is 0 Å². The van der Waals surface area contributed by atoms with Gasteiger partial charge in [0.25, 0.3) is 5.91 Å². The molecule has 0 aromatic heterocycles. The van der Waals surface area contributed by atoms with Crippen molar-refractivity contribution in [2.45, 2.75) is 50.9 Å². The first-order valence-corrected chi connectivity index (χ1v) is 9.44. The Morgan fingerprint density at radius 3 is 2.50 bits per heavy atom. The van der Waals surface area contributed by atoms with E-state index in [1.807, 2.05) is 4.90 Å². The smallest absolute Gasteiger partial charge is 0.254 e. The molecule has 1 aromatic carbocycles. The Kier molecular flexibility index (Phi) is 4.35. The highest BCUT2D eigenvalue weighted by Crippen LogP contribution is 2.46. The second kappa shape index (κ2) is 6.49. The van der Waals surface area contributed by atoms with Crippen LogP contribution in [0.4, 0.5) is 0 Å². The molecule has 1 atom stereocenters. The van der Waals surface area contributed by atoms with Gasteiger partial charge >= 0.3 is 0 Å². The second-order valence-corrected chi connectivity index (χ2v) is 7.59. The maximum Gasteiger partial charge on any atom is 0.254 e. The zero-order valence-electron chi connectivity index (χ0n) is 14.6. The molecule has 4 rings (SSSR count). The molecule has 4 nitrogen and oxygen atoms in total.